The molecule has 1 aliphatic carbocycles. The molecule has 26 heavy (non-hydrogen) atoms. The second-order valence-corrected chi connectivity index (χ2v) is 6.81. The van der Waals surface area contributed by atoms with E-state index in [0.717, 1.165) is 48.3 Å². The quantitative estimate of drug-likeness (QED) is 0.674. The van der Waals surface area contributed by atoms with E-state index in [-0.39, 0.29) is 17.5 Å². The Labute approximate surface area is 154 Å². The lowest BCUT2D eigenvalue weighted by molar-refractivity contribution is -0.117. The number of amides is 1. The van der Waals surface area contributed by atoms with Crippen LogP contribution in [-0.2, 0) is 4.79 Å². The predicted molar refractivity (Wildman–Crippen MR) is 102 cm³/mol. The molecule has 0 saturated heterocycles. The highest BCUT2D eigenvalue weighted by Crippen LogP contribution is 2.21. The summed E-state index contributed by atoms with van der Waals surface area (Å²) >= 11 is 0. The summed E-state index contributed by atoms with van der Waals surface area (Å²) in [6.45, 7) is 3.85. The number of hydrogen-bond donors (Lipinski definition) is 1. The van der Waals surface area contributed by atoms with Crippen molar-refractivity contribution in [3.8, 4) is 11.8 Å². The first kappa shape index (κ1) is 17.9. The number of aromatic nitrogens is 2. The molecule has 0 bridgehead atoms. The van der Waals surface area contributed by atoms with E-state index in [0.29, 0.717) is 0 Å². The van der Waals surface area contributed by atoms with Crippen LogP contribution in [-0.4, -0.2) is 21.7 Å². The molecule has 0 aliphatic heterocycles. The van der Waals surface area contributed by atoms with Crippen molar-refractivity contribution in [3.05, 3.63) is 52.9 Å². The number of para-hydroxylation sites is 1. The minimum atomic E-state index is -0.286. The van der Waals surface area contributed by atoms with Gasteiger partial charge in [-0.25, -0.2) is 4.68 Å². The summed E-state index contributed by atoms with van der Waals surface area (Å²) in [5.74, 6) is -0.286. The van der Waals surface area contributed by atoms with Gasteiger partial charge >= 0.3 is 0 Å². The Bertz CT molecular complexity index is 852. The zero-order valence-electron chi connectivity index (χ0n) is 15.3. The molecule has 5 heteroatoms. The summed E-state index contributed by atoms with van der Waals surface area (Å²) in [7, 11) is 0. The van der Waals surface area contributed by atoms with Gasteiger partial charge in [0.2, 0.25) is 0 Å². The van der Waals surface area contributed by atoms with E-state index in [1.807, 2.05) is 48.9 Å². The van der Waals surface area contributed by atoms with Gasteiger partial charge in [-0.1, -0.05) is 37.5 Å². The molecule has 134 valence electrons. The first-order valence-electron chi connectivity index (χ1n) is 9.14. The molecular formula is C21H24N4O. The van der Waals surface area contributed by atoms with E-state index in [2.05, 4.69) is 16.5 Å². The number of hydrogen-bond acceptors (Lipinski definition) is 3. The summed E-state index contributed by atoms with van der Waals surface area (Å²) in [5, 5.41) is 17.1. The molecule has 3 rings (SSSR count). The van der Waals surface area contributed by atoms with Crippen LogP contribution in [0.1, 0.15) is 49.1 Å². The van der Waals surface area contributed by atoms with Gasteiger partial charge in [0, 0.05) is 17.3 Å². The van der Waals surface area contributed by atoms with E-state index in [1.54, 1.807) is 6.08 Å². The molecule has 1 fully saturated rings. The van der Waals surface area contributed by atoms with Gasteiger partial charge in [-0.2, -0.15) is 10.4 Å². The monoisotopic (exact) mass is 348 g/mol. The first-order valence-corrected chi connectivity index (χ1v) is 9.14. The molecule has 1 N–H and O–H groups in total. The lowest BCUT2D eigenvalue weighted by atomic mass is 9.95. The molecule has 2 aromatic rings. The van der Waals surface area contributed by atoms with Gasteiger partial charge in [0.1, 0.15) is 11.6 Å². The van der Waals surface area contributed by atoms with Gasteiger partial charge in [-0.3, -0.25) is 4.79 Å². The Morgan fingerprint density at radius 1 is 1.23 bits per heavy atom. The van der Waals surface area contributed by atoms with Crippen molar-refractivity contribution < 1.29 is 4.79 Å². The van der Waals surface area contributed by atoms with Crippen molar-refractivity contribution in [2.45, 2.75) is 52.0 Å². The van der Waals surface area contributed by atoms with Crippen molar-refractivity contribution in [1.29, 1.82) is 5.26 Å². The molecule has 0 atom stereocenters. The highest BCUT2D eigenvalue weighted by atomic mass is 16.1. The van der Waals surface area contributed by atoms with E-state index in [9.17, 15) is 10.1 Å². The third-order valence-corrected chi connectivity index (χ3v) is 4.94. The lowest BCUT2D eigenvalue weighted by Crippen LogP contribution is -2.36. The third kappa shape index (κ3) is 3.85. The van der Waals surface area contributed by atoms with Crippen molar-refractivity contribution in [2.75, 3.05) is 0 Å². The Hall–Kier alpha value is -2.87. The largest absolute Gasteiger partial charge is 0.349 e. The van der Waals surface area contributed by atoms with Crippen LogP contribution in [0.25, 0.3) is 11.8 Å². The number of rotatable bonds is 4. The Kier molecular flexibility index (Phi) is 5.52. The Morgan fingerprint density at radius 3 is 2.58 bits per heavy atom. The average Bonchev–Trinajstić information content (AvgIpc) is 2.95. The minimum Gasteiger partial charge on any atom is -0.349 e. The predicted octanol–water partition coefficient (Wildman–Crippen LogP) is 3.85. The molecule has 5 nitrogen and oxygen atoms in total. The zero-order valence-corrected chi connectivity index (χ0v) is 15.3. The van der Waals surface area contributed by atoms with Crippen LogP contribution in [0.5, 0.6) is 0 Å². The fraction of sp³-hybridized carbons (Fsp3) is 0.381. The highest BCUT2D eigenvalue weighted by molar-refractivity contribution is 6.02. The van der Waals surface area contributed by atoms with Crippen LogP contribution < -0.4 is 5.32 Å². The maximum atomic E-state index is 12.5. The molecule has 1 aliphatic rings. The van der Waals surface area contributed by atoms with Crippen molar-refractivity contribution in [1.82, 2.24) is 15.1 Å². The Balaban J connectivity index is 1.86. The van der Waals surface area contributed by atoms with Gasteiger partial charge in [0.15, 0.2) is 0 Å². The topological polar surface area (TPSA) is 70.7 Å². The van der Waals surface area contributed by atoms with Gasteiger partial charge in [0.25, 0.3) is 5.91 Å². The normalized spacial score (nSPS) is 15.5. The lowest BCUT2D eigenvalue weighted by Gasteiger charge is -2.22. The number of carbonyl (C=O) groups is 1. The number of nitrogens with one attached hydrogen (secondary N) is 1. The van der Waals surface area contributed by atoms with Crippen LogP contribution in [0, 0.1) is 25.2 Å². The number of benzene rings is 1. The van der Waals surface area contributed by atoms with E-state index >= 15 is 0 Å². The molecule has 1 amide bonds. The zero-order chi connectivity index (χ0) is 18.5. The fourth-order valence-electron chi connectivity index (χ4n) is 3.49. The molecule has 1 aromatic carbocycles. The average molecular weight is 348 g/mol. The number of carbonyl (C=O) groups excluding carboxylic acids is 1. The number of nitrogens with zero attached hydrogens (tertiary/aromatic N) is 3. The van der Waals surface area contributed by atoms with Gasteiger partial charge in [-0.15, -0.1) is 0 Å². The summed E-state index contributed by atoms with van der Waals surface area (Å²) < 4.78 is 1.84. The van der Waals surface area contributed by atoms with E-state index in [1.165, 1.54) is 6.42 Å². The summed E-state index contributed by atoms with van der Waals surface area (Å²) in [5.41, 5.74) is 3.62. The number of aryl methyl sites for hydroxylation is 1. The van der Waals surface area contributed by atoms with E-state index < -0.39 is 0 Å². The van der Waals surface area contributed by atoms with Gasteiger partial charge in [-0.05, 0) is 44.9 Å². The molecular weight excluding hydrogens is 324 g/mol. The highest BCUT2D eigenvalue weighted by Gasteiger charge is 2.19. The molecule has 1 saturated carbocycles. The molecule has 0 spiro atoms. The summed E-state index contributed by atoms with van der Waals surface area (Å²) in [6, 6.07) is 12.1. The number of nitriles is 1. The third-order valence-electron chi connectivity index (χ3n) is 4.94. The molecule has 1 heterocycles. The van der Waals surface area contributed by atoms with Crippen LogP contribution in [0.3, 0.4) is 0 Å². The fourth-order valence-corrected chi connectivity index (χ4v) is 3.49. The van der Waals surface area contributed by atoms with Gasteiger partial charge < -0.3 is 5.32 Å². The molecule has 0 unspecified atom stereocenters. The molecule has 1 aromatic heterocycles. The summed E-state index contributed by atoms with van der Waals surface area (Å²) in [4.78, 5) is 12.5. The van der Waals surface area contributed by atoms with Gasteiger partial charge in [0.05, 0.1) is 11.4 Å². The molecule has 0 radical (unpaired) electrons. The van der Waals surface area contributed by atoms with Crippen LogP contribution in [0.15, 0.2) is 35.9 Å². The Morgan fingerprint density at radius 2 is 1.92 bits per heavy atom. The first-order chi connectivity index (χ1) is 12.6. The van der Waals surface area contributed by atoms with Crippen LogP contribution >= 0.6 is 0 Å². The smallest absolute Gasteiger partial charge is 0.262 e. The van der Waals surface area contributed by atoms with Crippen LogP contribution in [0.2, 0.25) is 0 Å². The van der Waals surface area contributed by atoms with Crippen molar-refractivity contribution >= 4 is 12.0 Å². The van der Waals surface area contributed by atoms with Crippen molar-refractivity contribution in [3.63, 3.8) is 0 Å². The van der Waals surface area contributed by atoms with E-state index in [4.69, 9.17) is 0 Å². The second-order valence-electron chi connectivity index (χ2n) is 6.81. The maximum Gasteiger partial charge on any atom is 0.262 e. The SMILES string of the molecule is Cc1nn(-c2ccccc2)c(C)c1C=C(C#N)C(=O)NC1CCCCC1. The standard InChI is InChI=1S/C21H24N4O/c1-15-20(16(2)25(24-15)19-11-7-4-8-12-19)13-17(14-22)21(26)23-18-9-5-3-6-10-18/h4,7-8,11-13,18H,3,5-6,9-10H2,1-2H3,(H,23,26). The summed E-state index contributed by atoms with van der Waals surface area (Å²) in [6.07, 6.45) is 7.15. The van der Waals surface area contributed by atoms with Crippen molar-refractivity contribution in [2.24, 2.45) is 0 Å². The van der Waals surface area contributed by atoms with Crippen LogP contribution in [0.4, 0.5) is 0 Å². The maximum absolute atomic E-state index is 12.5. The second kappa shape index (κ2) is 8.01. The minimum absolute atomic E-state index is 0.134.